The van der Waals surface area contributed by atoms with Crippen molar-refractivity contribution < 1.29 is 19.8 Å². The Morgan fingerprint density at radius 1 is 0.938 bits per heavy atom. The maximum atomic E-state index is 9.10. The van der Waals surface area contributed by atoms with Crippen LogP contribution in [0.3, 0.4) is 0 Å². The lowest BCUT2D eigenvalue weighted by Crippen LogP contribution is -2.31. The van der Waals surface area contributed by atoms with E-state index in [0.717, 1.165) is 42.5 Å². The molecule has 3 rings (SSSR count). The van der Waals surface area contributed by atoms with Gasteiger partial charge >= 0.3 is 11.9 Å². The molecule has 0 saturated heterocycles. The Bertz CT molecular complexity index is 979. The minimum atomic E-state index is -1.82. The third kappa shape index (κ3) is 8.50. The fourth-order valence-corrected chi connectivity index (χ4v) is 3.06. The molecule has 0 unspecified atom stereocenters. The fourth-order valence-electron chi connectivity index (χ4n) is 2.94. The highest BCUT2D eigenvalue weighted by Gasteiger charge is 2.13. The van der Waals surface area contributed by atoms with Gasteiger partial charge in [0.2, 0.25) is 0 Å². The molecular weight excluding hydrogens is 432 g/mol. The number of aromatic amines is 1. The number of nitrogens with one attached hydrogen (secondary N) is 1. The van der Waals surface area contributed by atoms with E-state index in [9.17, 15) is 0 Å². The maximum Gasteiger partial charge on any atom is 0.414 e. The van der Waals surface area contributed by atoms with Gasteiger partial charge in [-0.05, 0) is 37.4 Å². The molecule has 0 fully saturated rings. The molecule has 0 radical (unpaired) electrons. The number of likely N-dealkylation sites (N-methyl/N-ethyl adjacent to an activating group) is 1. The summed E-state index contributed by atoms with van der Waals surface area (Å²) in [6.45, 7) is 3.77. The molecule has 8 nitrogen and oxygen atoms in total. The van der Waals surface area contributed by atoms with Crippen LogP contribution in [0, 0.1) is 0 Å². The second-order valence-electron chi connectivity index (χ2n) is 7.39. The summed E-state index contributed by atoms with van der Waals surface area (Å²) in [5.41, 5.74) is 4.68. The zero-order chi connectivity index (χ0) is 23.5. The Kier molecular flexibility index (Phi) is 9.87. The van der Waals surface area contributed by atoms with Crippen molar-refractivity contribution in [3.63, 3.8) is 0 Å². The van der Waals surface area contributed by atoms with Crippen molar-refractivity contribution in [2.75, 3.05) is 27.2 Å². The number of carboxylic acid groups (broad SMARTS) is 2. The van der Waals surface area contributed by atoms with E-state index in [-0.39, 0.29) is 0 Å². The monoisotopic (exact) mass is 458 g/mol. The van der Waals surface area contributed by atoms with Crippen LogP contribution in [0.25, 0.3) is 11.3 Å². The summed E-state index contributed by atoms with van der Waals surface area (Å²) < 4.78 is 0. The molecule has 0 bridgehead atoms. The van der Waals surface area contributed by atoms with Gasteiger partial charge in [0.05, 0.1) is 11.9 Å². The summed E-state index contributed by atoms with van der Waals surface area (Å²) >= 11 is 6.02. The van der Waals surface area contributed by atoms with Crippen molar-refractivity contribution in [3.8, 4) is 11.3 Å². The summed E-state index contributed by atoms with van der Waals surface area (Å²) in [7, 11) is 4.22. The number of rotatable bonds is 8. The zero-order valence-electron chi connectivity index (χ0n) is 18.0. The van der Waals surface area contributed by atoms with Crippen LogP contribution in [0.4, 0.5) is 0 Å². The molecular formula is C23H27ClN4O4. The first-order chi connectivity index (χ1) is 15.3. The third-order valence-electron chi connectivity index (χ3n) is 4.54. The van der Waals surface area contributed by atoms with Gasteiger partial charge in [0.1, 0.15) is 0 Å². The minimum Gasteiger partial charge on any atom is -0.473 e. The van der Waals surface area contributed by atoms with Gasteiger partial charge in [-0.1, -0.05) is 54.1 Å². The highest BCUT2D eigenvalue weighted by Crippen LogP contribution is 2.24. The molecule has 3 N–H and O–H groups in total. The van der Waals surface area contributed by atoms with Crippen LogP contribution >= 0.6 is 11.6 Å². The molecule has 170 valence electrons. The Morgan fingerprint density at radius 3 is 2.12 bits per heavy atom. The molecule has 0 aliphatic rings. The van der Waals surface area contributed by atoms with Gasteiger partial charge in [-0.25, -0.2) is 9.59 Å². The standard InChI is InChI=1S/C21H25ClN4.C2H2O4/c1-25(2)12-13-26(15-17-6-4-3-5-7-17)16-19-14-23-24-21(19)18-8-10-20(22)11-9-18;3-1(4)2(5)6/h3-11,14H,12-13,15-16H2,1-2H3,(H,23,24);(H,3,4)(H,5,6). The average Bonchev–Trinajstić information content (AvgIpc) is 3.21. The quantitative estimate of drug-likeness (QED) is 0.443. The topological polar surface area (TPSA) is 110 Å². The lowest BCUT2D eigenvalue weighted by molar-refractivity contribution is -0.159. The molecule has 0 aliphatic heterocycles. The highest BCUT2D eigenvalue weighted by atomic mass is 35.5. The summed E-state index contributed by atoms with van der Waals surface area (Å²) in [5, 5.41) is 23.0. The summed E-state index contributed by atoms with van der Waals surface area (Å²) in [5.74, 6) is -3.65. The number of halogens is 1. The smallest absolute Gasteiger partial charge is 0.414 e. The predicted octanol–water partition coefficient (Wildman–Crippen LogP) is 3.45. The van der Waals surface area contributed by atoms with Crippen LogP contribution in [0.1, 0.15) is 11.1 Å². The number of carbonyl (C=O) groups is 2. The molecule has 0 atom stereocenters. The van der Waals surface area contributed by atoms with Crippen molar-refractivity contribution in [3.05, 3.63) is 76.9 Å². The first-order valence-corrected chi connectivity index (χ1v) is 10.3. The number of benzene rings is 2. The normalized spacial score (nSPS) is 10.7. The Morgan fingerprint density at radius 2 is 1.56 bits per heavy atom. The molecule has 32 heavy (non-hydrogen) atoms. The molecule has 9 heteroatoms. The average molecular weight is 459 g/mol. The van der Waals surface area contributed by atoms with Crippen LogP contribution < -0.4 is 0 Å². The lowest BCUT2D eigenvalue weighted by atomic mass is 10.1. The van der Waals surface area contributed by atoms with Crippen molar-refractivity contribution in [1.29, 1.82) is 0 Å². The van der Waals surface area contributed by atoms with Crippen molar-refractivity contribution in [1.82, 2.24) is 20.0 Å². The zero-order valence-corrected chi connectivity index (χ0v) is 18.8. The molecule has 0 spiro atoms. The van der Waals surface area contributed by atoms with Gasteiger partial charge in [0.15, 0.2) is 0 Å². The SMILES string of the molecule is CN(C)CCN(Cc1ccccc1)Cc1cn[nH]c1-c1ccc(Cl)cc1.O=C(O)C(=O)O. The largest absolute Gasteiger partial charge is 0.473 e. The second kappa shape index (κ2) is 12.6. The molecule has 0 saturated carbocycles. The van der Waals surface area contributed by atoms with Crippen molar-refractivity contribution in [2.24, 2.45) is 0 Å². The fraction of sp³-hybridized carbons (Fsp3) is 0.261. The third-order valence-corrected chi connectivity index (χ3v) is 4.79. The van der Waals surface area contributed by atoms with E-state index in [1.807, 2.05) is 30.5 Å². The first-order valence-electron chi connectivity index (χ1n) is 9.91. The molecule has 2 aromatic carbocycles. The van der Waals surface area contributed by atoms with Crippen LogP contribution in [-0.2, 0) is 22.7 Å². The number of H-pyrrole nitrogens is 1. The van der Waals surface area contributed by atoms with Crippen LogP contribution in [-0.4, -0.2) is 69.3 Å². The van der Waals surface area contributed by atoms with E-state index in [4.69, 9.17) is 31.4 Å². The summed E-state index contributed by atoms with van der Waals surface area (Å²) in [6, 6.07) is 18.5. The Balaban J connectivity index is 0.000000534. The van der Waals surface area contributed by atoms with Gasteiger partial charge < -0.3 is 15.1 Å². The van der Waals surface area contributed by atoms with Crippen LogP contribution in [0.2, 0.25) is 5.02 Å². The van der Waals surface area contributed by atoms with Crippen molar-refractivity contribution in [2.45, 2.75) is 13.1 Å². The Labute approximate surface area is 192 Å². The number of nitrogens with zero attached hydrogens (tertiary/aromatic N) is 3. The van der Waals surface area contributed by atoms with Gasteiger partial charge in [-0.3, -0.25) is 10.00 Å². The van der Waals surface area contributed by atoms with Gasteiger partial charge in [0, 0.05) is 36.8 Å². The highest BCUT2D eigenvalue weighted by molar-refractivity contribution is 6.30. The number of hydrogen-bond acceptors (Lipinski definition) is 5. The number of carboxylic acids is 2. The minimum absolute atomic E-state index is 0.742. The predicted molar refractivity (Wildman–Crippen MR) is 123 cm³/mol. The van der Waals surface area contributed by atoms with Crippen LogP contribution in [0.5, 0.6) is 0 Å². The summed E-state index contributed by atoms with van der Waals surface area (Å²) in [4.78, 5) is 22.9. The van der Waals surface area contributed by atoms with E-state index in [1.54, 1.807) is 0 Å². The first kappa shape index (κ1) is 25.1. The second-order valence-corrected chi connectivity index (χ2v) is 7.82. The van der Waals surface area contributed by atoms with E-state index < -0.39 is 11.9 Å². The number of aromatic nitrogens is 2. The van der Waals surface area contributed by atoms with E-state index in [2.05, 4.69) is 64.4 Å². The van der Waals surface area contributed by atoms with Crippen LogP contribution in [0.15, 0.2) is 60.8 Å². The van der Waals surface area contributed by atoms with Gasteiger partial charge in [-0.2, -0.15) is 5.10 Å². The van der Waals surface area contributed by atoms with Crippen molar-refractivity contribution >= 4 is 23.5 Å². The maximum absolute atomic E-state index is 9.10. The molecule has 1 aromatic heterocycles. The van der Waals surface area contributed by atoms with Gasteiger partial charge in [0.25, 0.3) is 0 Å². The van der Waals surface area contributed by atoms with E-state index >= 15 is 0 Å². The Hall–Kier alpha value is -3.20. The molecule has 1 heterocycles. The molecule has 0 amide bonds. The summed E-state index contributed by atoms with van der Waals surface area (Å²) in [6.07, 6.45) is 1.93. The number of hydrogen-bond donors (Lipinski definition) is 3. The van der Waals surface area contributed by atoms with E-state index in [0.29, 0.717) is 0 Å². The number of aliphatic carboxylic acids is 2. The van der Waals surface area contributed by atoms with Gasteiger partial charge in [-0.15, -0.1) is 0 Å². The molecule has 3 aromatic rings. The van der Waals surface area contributed by atoms with E-state index in [1.165, 1.54) is 11.1 Å². The molecule has 0 aliphatic carbocycles. The lowest BCUT2D eigenvalue weighted by Gasteiger charge is -2.24.